The summed E-state index contributed by atoms with van der Waals surface area (Å²) >= 11 is 0. The largest absolute Gasteiger partial charge is 0.501 e. The van der Waals surface area contributed by atoms with Crippen molar-refractivity contribution >= 4 is 11.9 Å². The topological polar surface area (TPSA) is 75.6 Å². The molecule has 1 aliphatic carbocycles. The molecule has 0 saturated carbocycles. The molecular formula is C11H15NO4. The summed E-state index contributed by atoms with van der Waals surface area (Å²) < 4.78 is 4.99. The normalized spacial score (nSPS) is 19.5. The first-order valence-electron chi connectivity index (χ1n) is 5.05. The van der Waals surface area contributed by atoms with Gasteiger partial charge in [-0.15, -0.1) is 0 Å². The van der Waals surface area contributed by atoms with E-state index in [1.165, 1.54) is 7.11 Å². The van der Waals surface area contributed by atoms with E-state index in [-0.39, 0.29) is 12.3 Å². The quantitative estimate of drug-likeness (QED) is 0.749. The Morgan fingerprint density at radius 2 is 2.25 bits per heavy atom. The molecular weight excluding hydrogens is 210 g/mol. The number of aliphatic carboxylic acids is 1. The molecule has 0 aliphatic heterocycles. The van der Waals surface area contributed by atoms with Crippen LogP contribution in [0.15, 0.2) is 23.6 Å². The molecule has 2 N–H and O–H groups in total. The van der Waals surface area contributed by atoms with Crippen LogP contribution in [0.5, 0.6) is 0 Å². The summed E-state index contributed by atoms with van der Waals surface area (Å²) in [6.07, 6.45) is 3.84. The van der Waals surface area contributed by atoms with Crippen LogP contribution >= 0.6 is 0 Å². The Balaban J connectivity index is 2.84. The molecule has 0 aromatic rings. The summed E-state index contributed by atoms with van der Waals surface area (Å²) in [6.45, 7) is 1.71. The van der Waals surface area contributed by atoms with E-state index in [9.17, 15) is 9.59 Å². The molecule has 5 heteroatoms. The Labute approximate surface area is 93.8 Å². The highest BCUT2D eigenvalue weighted by molar-refractivity contribution is 5.81. The van der Waals surface area contributed by atoms with Gasteiger partial charge in [0.1, 0.15) is 5.92 Å². The van der Waals surface area contributed by atoms with Crippen LogP contribution in [0.4, 0.5) is 0 Å². The monoisotopic (exact) mass is 225 g/mol. The predicted molar refractivity (Wildman–Crippen MR) is 57.4 cm³/mol. The second kappa shape index (κ2) is 5.34. The molecule has 0 radical (unpaired) electrons. The third-order valence-corrected chi connectivity index (χ3v) is 2.39. The van der Waals surface area contributed by atoms with Crippen LogP contribution < -0.4 is 5.32 Å². The van der Waals surface area contributed by atoms with Gasteiger partial charge < -0.3 is 15.2 Å². The van der Waals surface area contributed by atoms with Crippen LogP contribution in [0, 0.1) is 5.92 Å². The highest BCUT2D eigenvalue weighted by Gasteiger charge is 2.27. The zero-order valence-corrected chi connectivity index (χ0v) is 9.32. The molecule has 0 spiro atoms. The Morgan fingerprint density at radius 1 is 1.56 bits per heavy atom. The lowest BCUT2D eigenvalue weighted by atomic mass is 9.95. The zero-order chi connectivity index (χ0) is 12.1. The standard InChI is InChI=1S/C11H15NO4/c1-3-10(13)12-9-5-4-7(16-2)6-8(9)11(14)15/h4-5,8H,3,6H2,1-2H3,(H,12,13)(H,14,15). The molecule has 0 bridgehead atoms. The van der Waals surface area contributed by atoms with Crippen molar-refractivity contribution in [2.75, 3.05) is 7.11 Å². The summed E-state index contributed by atoms with van der Waals surface area (Å²) in [5, 5.41) is 11.6. The van der Waals surface area contributed by atoms with E-state index in [2.05, 4.69) is 5.32 Å². The molecule has 16 heavy (non-hydrogen) atoms. The van der Waals surface area contributed by atoms with Crippen molar-refractivity contribution in [2.24, 2.45) is 5.92 Å². The van der Waals surface area contributed by atoms with E-state index in [0.717, 1.165) is 0 Å². The highest BCUT2D eigenvalue weighted by Crippen LogP contribution is 2.24. The fraction of sp³-hybridized carbons (Fsp3) is 0.455. The van der Waals surface area contributed by atoms with Crippen molar-refractivity contribution in [3.05, 3.63) is 23.6 Å². The fourth-order valence-electron chi connectivity index (χ4n) is 1.43. The Kier molecular flexibility index (Phi) is 4.10. The predicted octanol–water partition coefficient (Wildman–Crippen LogP) is 1.03. The second-order valence-electron chi connectivity index (χ2n) is 3.46. The van der Waals surface area contributed by atoms with Crippen LogP contribution in [0.1, 0.15) is 19.8 Å². The van der Waals surface area contributed by atoms with Crippen LogP contribution in [0.25, 0.3) is 0 Å². The van der Waals surface area contributed by atoms with Gasteiger partial charge in [-0.3, -0.25) is 9.59 Å². The fourth-order valence-corrected chi connectivity index (χ4v) is 1.43. The van der Waals surface area contributed by atoms with E-state index in [1.54, 1.807) is 19.1 Å². The van der Waals surface area contributed by atoms with Crippen molar-refractivity contribution in [1.29, 1.82) is 0 Å². The maximum absolute atomic E-state index is 11.2. The van der Waals surface area contributed by atoms with Crippen LogP contribution in [-0.2, 0) is 14.3 Å². The van der Waals surface area contributed by atoms with E-state index in [1.807, 2.05) is 0 Å². The number of hydrogen-bond acceptors (Lipinski definition) is 3. The lowest BCUT2D eigenvalue weighted by molar-refractivity contribution is -0.140. The van der Waals surface area contributed by atoms with Crippen molar-refractivity contribution in [2.45, 2.75) is 19.8 Å². The van der Waals surface area contributed by atoms with Crippen molar-refractivity contribution in [1.82, 2.24) is 5.32 Å². The lowest BCUT2D eigenvalue weighted by Gasteiger charge is -2.21. The number of allylic oxidation sites excluding steroid dienone is 3. The van der Waals surface area contributed by atoms with E-state index in [4.69, 9.17) is 9.84 Å². The molecule has 5 nitrogen and oxygen atoms in total. The van der Waals surface area contributed by atoms with Crippen molar-refractivity contribution < 1.29 is 19.4 Å². The molecule has 1 rings (SSSR count). The van der Waals surface area contributed by atoms with Gasteiger partial charge in [-0.05, 0) is 12.2 Å². The molecule has 0 saturated heterocycles. The molecule has 88 valence electrons. The third-order valence-electron chi connectivity index (χ3n) is 2.39. The lowest BCUT2D eigenvalue weighted by Crippen LogP contribution is -2.32. The number of carboxylic acids is 1. The number of ether oxygens (including phenoxy) is 1. The van der Waals surface area contributed by atoms with Gasteiger partial charge in [-0.1, -0.05) is 6.92 Å². The van der Waals surface area contributed by atoms with Gasteiger partial charge in [0.25, 0.3) is 0 Å². The zero-order valence-electron chi connectivity index (χ0n) is 9.32. The number of amides is 1. The number of rotatable bonds is 4. The highest BCUT2D eigenvalue weighted by atomic mass is 16.5. The van der Waals surface area contributed by atoms with E-state index in [0.29, 0.717) is 17.9 Å². The van der Waals surface area contributed by atoms with E-state index < -0.39 is 11.9 Å². The summed E-state index contributed by atoms with van der Waals surface area (Å²) in [4.78, 5) is 22.2. The minimum absolute atomic E-state index is 0.188. The Morgan fingerprint density at radius 3 is 2.75 bits per heavy atom. The molecule has 0 fully saturated rings. The maximum atomic E-state index is 11.2. The molecule has 1 amide bonds. The number of carboxylic acid groups (broad SMARTS) is 1. The number of hydrogen-bond donors (Lipinski definition) is 2. The second-order valence-corrected chi connectivity index (χ2v) is 3.46. The summed E-state index contributed by atoms with van der Waals surface area (Å²) in [6, 6.07) is 0. The molecule has 0 heterocycles. The minimum atomic E-state index is -0.967. The summed E-state index contributed by atoms with van der Waals surface area (Å²) in [5.41, 5.74) is 0.417. The maximum Gasteiger partial charge on any atom is 0.312 e. The molecule has 0 aromatic carbocycles. The number of nitrogens with one attached hydrogen (secondary N) is 1. The van der Waals surface area contributed by atoms with Gasteiger partial charge in [-0.25, -0.2) is 0 Å². The molecule has 1 atom stereocenters. The summed E-state index contributed by atoms with van der Waals surface area (Å²) in [7, 11) is 1.49. The van der Waals surface area contributed by atoms with Crippen LogP contribution in [-0.4, -0.2) is 24.1 Å². The van der Waals surface area contributed by atoms with Crippen LogP contribution in [0.2, 0.25) is 0 Å². The van der Waals surface area contributed by atoms with Gasteiger partial charge in [-0.2, -0.15) is 0 Å². The van der Waals surface area contributed by atoms with Gasteiger partial charge in [0.15, 0.2) is 0 Å². The Bertz CT molecular complexity index is 357. The van der Waals surface area contributed by atoms with E-state index >= 15 is 0 Å². The minimum Gasteiger partial charge on any atom is -0.501 e. The average Bonchev–Trinajstić information content (AvgIpc) is 2.29. The summed E-state index contributed by atoms with van der Waals surface area (Å²) in [5.74, 6) is -1.30. The van der Waals surface area contributed by atoms with Crippen LogP contribution in [0.3, 0.4) is 0 Å². The first-order chi connectivity index (χ1) is 7.58. The number of carbonyl (C=O) groups is 2. The molecule has 1 unspecified atom stereocenters. The molecule has 0 aromatic heterocycles. The number of carbonyl (C=O) groups excluding carboxylic acids is 1. The first-order valence-corrected chi connectivity index (χ1v) is 5.05. The van der Waals surface area contributed by atoms with Gasteiger partial charge >= 0.3 is 5.97 Å². The van der Waals surface area contributed by atoms with Crippen molar-refractivity contribution in [3.63, 3.8) is 0 Å². The first kappa shape index (κ1) is 12.3. The van der Waals surface area contributed by atoms with Gasteiger partial charge in [0.2, 0.25) is 5.91 Å². The van der Waals surface area contributed by atoms with Gasteiger partial charge in [0, 0.05) is 18.5 Å². The SMILES string of the molecule is CCC(=O)NC1=CC=C(OC)CC1C(=O)O. The average molecular weight is 225 g/mol. The Hall–Kier alpha value is -1.78. The van der Waals surface area contributed by atoms with Gasteiger partial charge in [0.05, 0.1) is 12.9 Å². The molecule has 1 aliphatic rings. The van der Waals surface area contributed by atoms with Crippen molar-refractivity contribution in [3.8, 4) is 0 Å². The smallest absolute Gasteiger partial charge is 0.312 e. The third kappa shape index (κ3) is 2.85. The number of methoxy groups -OCH3 is 1.